The van der Waals surface area contributed by atoms with Crippen molar-refractivity contribution < 1.29 is 19.8 Å². The van der Waals surface area contributed by atoms with Crippen LogP contribution in [0.1, 0.15) is 70.3 Å². The summed E-state index contributed by atoms with van der Waals surface area (Å²) in [5.41, 5.74) is 1.20. The standard InChI is InChI=1S/C30H47N3O4/c1-22-24(18-23-10-7-11-23)12-8-15-30(31(2)3,25-13-5-4-6-14-25)16-9-17-32(29(22)37)21-28(36)33-19-26(34)27(35)20-33/h4-6,13-14,22-24,26-27,34-35H,7-12,15-21H2,1-3H3/t22?,24?,26-,27+,30-/m1/s1. The fourth-order valence-electron chi connectivity index (χ4n) is 6.81. The van der Waals surface area contributed by atoms with E-state index < -0.39 is 12.2 Å². The summed E-state index contributed by atoms with van der Waals surface area (Å²) in [6, 6.07) is 10.7. The molecule has 1 saturated carbocycles. The van der Waals surface area contributed by atoms with E-state index in [1.807, 2.05) is 0 Å². The number of carbonyl (C=O) groups excluding carboxylic acids is 2. The van der Waals surface area contributed by atoms with Crippen LogP contribution in [0.3, 0.4) is 0 Å². The molecule has 0 bridgehead atoms. The SMILES string of the molecule is CC1C(=O)N(CC(=O)N2C[C@@H](O)[C@@H](O)C2)CCC[C@](c2ccccc2)(N(C)C)CCCC1CC1CCC1. The minimum atomic E-state index is -0.917. The molecule has 0 radical (unpaired) electrons. The van der Waals surface area contributed by atoms with Crippen LogP contribution in [0.2, 0.25) is 0 Å². The molecule has 1 aromatic carbocycles. The molecule has 1 aliphatic carbocycles. The van der Waals surface area contributed by atoms with Crippen LogP contribution in [0.15, 0.2) is 30.3 Å². The van der Waals surface area contributed by atoms with Crippen molar-refractivity contribution in [2.75, 3.05) is 40.3 Å². The van der Waals surface area contributed by atoms with E-state index in [1.165, 1.54) is 29.7 Å². The number of hydrogen-bond donors (Lipinski definition) is 2. The van der Waals surface area contributed by atoms with E-state index in [0.717, 1.165) is 44.4 Å². The average Bonchev–Trinajstić information content (AvgIpc) is 3.19. The van der Waals surface area contributed by atoms with E-state index in [9.17, 15) is 19.8 Å². The quantitative estimate of drug-likeness (QED) is 0.610. The molecule has 206 valence electrons. The van der Waals surface area contributed by atoms with E-state index >= 15 is 0 Å². The second-order valence-electron chi connectivity index (χ2n) is 12.1. The molecule has 7 nitrogen and oxygen atoms in total. The lowest BCUT2D eigenvalue weighted by Gasteiger charge is -2.41. The summed E-state index contributed by atoms with van der Waals surface area (Å²) in [5.74, 6) is 0.811. The van der Waals surface area contributed by atoms with Crippen molar-refractivity contribution in [2.45, 2.75) is 82.5 Å². The summed E-state index contributed by atoms with van der Waals surface area (Å²) >= 11 is 0. The van der Waals surface area contributed by atoms with Gasteiger partial charge in [-0.3, -0.25) is 14.5 Å². The summed E-state index contributed by atoms with van der Waals surface area (Å²) in [6.45, 7) is 2.87. The molecule has 2 aliphatic heterocycles. The van der Waals surface area contributed by atoms with Crippen LogP contribution in [0.25, 0.3) is 0 Å². The Bertz CT molecular complexity index is 895. The van der Waals surface area contributed by atoms with Crippen LogP contribution in [0, 0.1) is 17.8 Å². The first-order valence-electron chi connectivity index (χ1n) is 14.4. The lowest BCUT2D eigenvalue weighted by atomic mass is 9.73. The fraction of sp³-hybridized carbons (Fsp3) is 0.733. The van der Waals surface area contributed by atoms with E-state index in [4.69, 9.17) is 0 Å². The molecule has 2 amide bonds. The van der Waals surface area contributed by atoms with Crippen LogP contribution < -0.4 is 0 Å². The van der Waals surface area contributed by atoms with Gasteiger partial charge in [0.15, 0.2) is 0 Å². The Kier molecular flexibility index (Phi) is 9.30. The van der Waals surface area contributed by atoms with Crippen molar-refractivity contribution in [1.29, 1.82) is 0 Å². The first-order valence-corrected chi connectivity index (χ1v) is 14.4. The number of carbonyl (C=O) groups is 2. The van der Waals surface area contributed by atoms with Crippen molar-refractivity contribution >= 4 is 11.8 Å². The maximum atomic E-state index is 13.9. The molecule has 1 aromatic rings. The zero-order valence-electron chi connectivity index (χ0n) is 23.0. The smallest absolute Gasteiger partial charge is 0.242 e. The Hall–Kier alpha value is -1.96. The van der Waals surface area contributed by atoms with Crippen molar-refractivity contribution in [3.8, 4) is 0 Å². The largest absolute Gasteiger partial charge is 0.388 e. The molecule has 0 spiro atoms. The van der Waals surface area contributed by atoms with Crippen LogP contribution in [0.5, 0.6) is 0 Å². The first-order chi connectivity index (χ1) is 17.7. The van der Waals surface area contributed by atoms with E-state index in [1.54, 1.807) is 4.90 Å². The van der Waals surface area contributed by atoms with Gasteiger partial charge in [-0.2, -0.15) is 0 Å². The fourth-order valence-corrected chi connectivity index (χ4v) is 6.81. The number of amides is 2. The highest BCUT2D eigenvalue weighted by Crippen LogP contribution is 2.41. The molecular formula is C30H47N3O4. The van der Waals surface area contributed by atoms with Gasteiger partial charge in [0.05, 0.1) is 18.8 Å². The van der Waals surface area contributed by atoms with E-state index in [2.05, 4.69) is 56.3 Å². The Balaban J connectivity index is 1.58. The molecule has 3 fully saturated rings. The summed E-state index contributed by atoms with van der Waals surface area (Å²) in [4.78, 5) is 32.6. The number of rotatable bonds is 6. The number of benzene rings is 1. The first kappa shape index (κ1) is 28.1. The minimum Gasteiger partial charge on any atom is -0.388 e. The Morgan fingerprint density at radius 1 is 1.00 bits per heavy atom. The van der Waals surface area contributed by atoms with E-state index in [-0.39, 0.29) is 42.9 Å². The van der Waals surface area contributed by atoms with Gasteiger partial charge in [0.25, 0.3) is 0 Å². The van der Waals surface area contributed by atoms with Gasteiger partial charge in [-0.1, -0.05) is 62.9 Å². The Labute approximate surface area is 222 Å². The molecule has 37 heavy (non-hydrogen) atoms. The molecule has 2 saturated heterocycles. The summed E-state index contributed by atoms with van der Waals surface area (Å²) in [6.07, 6.45) is 7.96. The van der Waals surface area contributed by atoms with Crippen molar-refractivity contribution in [3.05, 3.63) is 35.9 Å². The third-order valence-corrected chi connectivity index (χ3v) is 9.56. The van der Waals surface area contributed by atoms with Crippen molar-refractivity contribution in [1.82, 2.24) is 14.7 Å². The molecule has 2 N–H and O–H groups in total. The zero-order chi connectivity index (χ0) is 26.6. The van der Waals surface area contributed by atoms with Gasteiger partial charge in [0.2, 0.25) is 11.8 Å². The van der Waals surface area contributed by atoms with Crippen molar-refractivity contribution in [3.63, 3.8) is 0 Å². The van der Waals surface area contributed by atoms with Gasteiger partial charge < -0.3 is 20.0 Å². The predicted molar refractivity (Wildman–Crippen MR) is 145 cm³/mol. The Morgan fingerprint density at radius 3 is 2.24 bits per heavy atom. The number of likely N-dealkylation sites (tertiary alicyclic amines) is 1. The number of β-amino-alcohol motifs (C(OH)–C–C–N with tert-alkyl or cyclic N) is 2. The van der Waals surface area contributed by atoms with Gasteiger partial charge in [-0.05, 0) is 63.6 Å². The zero-order valence-corrected chi connectivity index (χ0v) is 23.0. The number of aliphatic hydroxyl groups excluding tert-OH is 2. The van der Waals surface area contributed by atoms with Gasteiger partial charge in [0, 0.05) is 31.1 Å². The third kappa shape index (κ3) is 6.37. The van der Waals surface area contributed by atoms with Gasteiger partial charge >= 0.3 is 0 Å². The second-order valence-corrected chi connectivity index (χ2v) is 12.1. The average molecular weight is 514 g/mol. The number of nitrogens with zero attached hydrogens (tertiary/aromatic N) is 3. The molecule has 2 heterocycles. The van der Waals surface area contributed by atoms with Crippen LogP contribution in [-0.2, 0) is 15.1 Å². The van der Waals surface area contributed by atoms with Gasteiger partial charge in [-0.15, -0.1) is 0 Å². The summed E-state index contributed by atoms with van der Waals surface area (Å²) in [7, 11) is 4.33. The lowest BCUT2D eigenvalue weighted by Crippen LogP contribution is -2.46. The molecule has 7 heteroatoms. The summed E-state index contributed by atoms with van der Waals surface area (Å²) in [5, 5.41) is 19.9. The number of hydrogen-bond acceptors (Lipinski definition) is 5. The van der Waals surface area contributed by atoms with Gasteiger partial charge in [0.1, 0.15) is 0 Å². The van der Waals surface area contributed by atoms with Crippen molar-refractivity contribution in [2.24, 2.45) is 17.8 Å². The molecule has 4 rings (SSSR count). The normalized spacial score (nSPS) is 32.3. The monoisotopic (exact) mass is 513 g/mol. The Morgan fingerprint density at radius 2 is 1.65 bits per heavy atom. The maximum absolute atomic E-state index is 13.9. The van der Waals surface area contributed by atoms with Gasteiger partial charge in [-0.25, -0.2) is 0 Å². The molecule has 3 aliphatic rings. The summed E-state index contributed by atoms with van der Waals surface area (Å²) < 4.78 is 0. The highest BCUT2D eigenvalue weighted by molar-refractivity contribution is 5.86. The molecule has 2 unspecified atom stereocenters. The molecule has 5 atom stereocenters. The third-order valence-electron chi connectivity index (χ3n) is 9.56. The number of aliphatic hydroxyl groups is 2. The topological polar surface area (TPSA) is 84.3 Å². The minimum absolute atomic E-state index is 0.0130. The van der Waals surface area contributed by atoms with Crippen LogP contribution in [-0.4, -0.2) is 89.2 Å². The van der Waals surface area contributed by atoms with Crippen LogP contribution in [0.4, 0.5) is 0 Å². The highest BCUT2D eigenvalue weighted by Gasteiger charge is 2.39. The second kappa shape index (κ2) is 12.3. The maximum Gasteiger partial charge on any atom is 0.242 e. The van der Waals surface area contributed by atoms with Crippen LogP contribution >= 0.6 is 0 Å². The molecular weight excluding hydrogens is 466 g/mol. The van der Waals surface area contributed by atoms with E-state index in [0.29, 0.717) is 12.5 Å². The molecule has 0 aromatic heterocycles. The predicted octanol–water partition coefficient (Wildman–Crippen LogP) is 3.24. The lowest BCUT2D eigenvalue weighted by molar-refractivity contribution is -0.144. The highest BCUT2D eigenvalue weighted by atomic mass is 16.3.